The maximum absolute atomic E-state index is 13.8. The lowest BCUT2D eigenvalue weighted by molar-refractivity contribution is -0.115. The lowest BCUT2D eigenvalue weighted by Gasteiger charge is -2.35. The van der Waals surface area contributed by atoms with Gasteiger partial charge in [0.15, 0.2) is 5.82 Å². The van der Waals surface area contributed by atoms with Crippen molar-refractivity contribution in [2.75, 3.05) is 56.7 Å². The molecule has 37 heavy (non-hydrogen) atoms. The minimum atomic E-state index is -2.86. The highest BCUT2D eigenvalue weighted by Gasteiger charge is 2.28. The van der Waals surface area contributed by atoms with E-state index < -0.39 is 5.92 Å². The molecule has 1 aliphatic rings. The smallest absolute Gasteiger partial charge is 0.273 e. The molecule has 0 radical (unpaired) electrons. The number of nitrogens with zero attached hydrogens (tertiary/aromatic N) is 4. The Kier molecular flexibility index (Phi) is 8.78. The molecule has 0 unspecified atom stereocenters. The second-order valence-corrected chi connectivity index (χ2v) is 9.11. The molecule has 2 aromatic carbocycles. The number of carbonyl (C=O) groups excluding carboxylic acids is 1. The summed E-state index contributed by atoms with van der Waals surface area (Å²) in [6.45, 7) is 6.70. The number of halogens is 2. The highest BCUT2D eigenvalue weighted by atomic mass is 19.3. The SMILES string of the molecule is CCC(F)(F)c1ccc(CC(=O)Nc2ccc(-c3nccnc3N3CCN(CCOC)CC3)cc2)cc1. The zero-order chi connectivity index (χ0) is 26.3. The van der Waals surface area contributed by atoms with E-state index in [2.05, 4.69) is 25.1 Å². The Labute approximate surface area is 216 Å². The quantitative estimate of drug-likeness (QED) is 0.431. The van der Waals surface area contributed by atoms with E-state index in [-0.39, 0.29) is 24.3 Å². The van der Waals surface area contributed by atoms with Crippen LogP contribution in [0.25, 0.3) is 11.3 Å². The molecule has 2 heterocycles. The predicted octanol–water partition coefficient (Wildman–Crippen LogP) is 4.60. The maximum atomic E-state index is 13.8. The third kappa shape index (κ3) is 6.87. The number of carbonyl (C=O) groups is 1. The molecule has 0 aliphatic carbocycles. The van der Waals surface area contributed by atoms with Crippen molar-refractivity contribution in [2.45, 2.75) is 25.7 Å². The van der Waals surface area contributed by atoms with Crippen molar-refractivity contribution in [1.82, 2.24) is 14.9 Å². The Bertz CT molecular complexity index is 1160. The van der Waals surface area contributed by atoms with Gasteiger partial charge in [-0.2, -0.15) is 0 Å². The number of methoxy groups -OCH3 is 1. The number of rotatable bonds is 10. The van der Waals surface area contributed by atoms with E-state index in [1.54, 1.807) is 31.6 Å². The molecular formula is C28H33F2N5O2. The first-order chi connectivity index (χ1) is 17.9. The lowest BCUT2D eigenvalue weighted by atomic mass is 10.0. The average Bonchev–Trinajstić information content (AvgIpc) is 2.93. The van der Waals surface area contributed by atoms with Crippen LogP contribution in [0.4, 0.5) is 20.3 Å². The second-order valence-electron chi connectivity index (χ2n) is 9.11. The molecular weight excluding hydrogens is 476 g/mol. The third-order valence-electron chi connectivity index (χ3n) is 6.59. The second kappa shape index (κ2) is 12.2. The molecule has 196 valence electrons. The van der Waals surface area contributed by atoms with Gasteiger partial charge in [0, 0.05) is 75.5 Å². The van der Waals surface area contributed by atoms with Gasteiger partial charge < -0.3 is 15.0 Å². The summed E-state index contributed by atoms with van der Waals surface area (Å²) in [7, 11) is 1.72. The van der Waals surface area contributed by atoms with Crippen LogP contribution in [0.2, 0.25) is 0 Å². The Morgan fingerprint density at radius 3 is 2.32 bits per heavy atom. The van der Waals surface area contributed by atoms with Crippen molar-refractivity contribution >= 4 is 17.4 Å². The van der Waals surface area contributed by atoms with E-state index in [0.717, 1.165) is 56.4 Å². The van der Waals surface area contributed by atoms with Gasteiger partial charge in [0.05, 0.1) is 13.0 Å². The van der Waals surface area contributed by atoms with Crippen molar-refractivity contribution in [1.29, 1.82) is 0 Å². The van der Waals surface area contributed by atoms with E-state index in [4.69, 9.17) is 4.74 Å². The van der Waals surface area contributed by atoms with E-state index in [9.17, 15) is 13.6 Å². The molecule has 4 rings (SSSR count). The number of piperazine rings is 1. The van der Waals surface area contributed by atoms with Crippen molar-refractivity contribution in [3.63, 3.8) is 0 Å². The zero-order valence-electron chi connectivity index (χ0n) is 21.3. The van der Waals surface area contributed by atoms with Gasteiger partial charge in [0.25, 0.3) is 5.92 Å². The van der Waals surface area contributed by atoms with Crippen molar-refractivity contribution in [3.8, 4) is 11.3 Å². The van der Waals surface area contributed by atoms with Crippen molar-refractivity contribution < 1.29 is 18.3 Å². The Hall–Kier alpha value is -3.43. The van der Waals surface area contributed by atoms with Gasteiger partial charge in [-0.15, -0.1) is 0 Å². The summed E-state index contributed by atoms with van der Waals surface area (Å²) in [4.78, 5) is 26.4. The van der Waals surface area contributed by atoms with Gasteiger partial charge in [0.2, 0.25) is 5.91 Å². The van der Waals surface area contributed by atoms with Crippen LogP contribution in [0.1, 0.15) is 24.5 Å². The number of alkyl halides is 2. The molecule has 0 atom stereocenters. The summed E-state index contributed by atoms with van der Waals surface area (Å²) in [5, 5.41) is 2.88. The molecule has 9 heteroatoms. The molecule has 1 fully saturated rings. The molecule has 7 nitrogen and oxygen atoms in total. The minimum Gasteiger partial charge on any atom is -0.383 e. The summed E-state index contributed by atoms with van der Waals surface area (Å²) in [5.41, 5.74) is 3.01. The zero-order valence-corrected chi connectivity index (χ0v) is 21.3. The van der Waals surface area contributed by atoms with Crippen LogP contribution in [0.15, 0.2) is 60.9 Å². The fraction of sp³-hybridized carbons (Fsp3) is 0.393. The number of amides is 1. The number of anilines is 2. The van der Waals surface area contributed by atoms with Gasteiger partial charge in [-0.3, -0.25) is 14.7 Å². The minimum absolute atomic E-state index is 0.0360. The lowest BCUT2D eigenvalue weighted by Crippen LogP contribution is -2.47. The first kappa shape index (κ1) is 26.6. The maximum Gasteiger partial charge on any atom is 0.273 e. The first-order valence-electron chi connectivity index (χ1n) is 12.5. The number of ether oxygens (including phenoxy) is 1. The number of aromatic nitrogens is 2. The van der Waals surface area contributed by atoms with Crippen LogP contribution in [0, 0.1) is 0 Å². The molecule has 1 amide bonds. The summed E-state index contributed by atoms with van der Waals surface area (Å²) in [6.07, 6.45) is 3.24. The summed E-state index contributed by atoms with van der Waals surface area (Å²) in [6, 6.07) is 13.4. The molecule has 1 aliphatic heterocycles. The van der Waals surface area contributed by atoms with Gasteiger partial charge in [0.1, 0.15) is 5.69 Å². The Morgan fingerprint density at radius 2 is 1.68 bits per heavy atom. The Morgan fingerprint density at radius 1 is 1.00 bits per heavy atom. The predicted molar refractivity (Wildman–Crippen MR) is 141 cm³/mol. The topological polar surface area (TPSA) is 70.6 Å². The van der Waals surface area contributed by atoms with E-state index >= 15 is 0 Å². The molecule has 1 saturated heterocycles. The summed E-state index contributed by atoms with van der Waals surface area (Å²) < 4.78 is 32.8. The summed E-state index contributed by atoms with van der Waals surface area (Å²) >= 11 is 0. The highest BCUT2D eigenvalue weighted by Crippen LogP contribution is 2.31. The van der Waals surface area contributed by atoms with E-state index in [0.29, 0.717) is 11.3 Å². The number of benzene rings is 2. The number of nitrogens with one attached hydrogen (secondary N) is 1. The van der Waals surface area contributed by atoms with E-state index in [1.165, 1.54) is 19.1 Å². The highest BCUT2D eigenvalue weighted by molar-refractivity contribution is 5.92. The molecule has 1 aromatic heterocycles. The van der Waals surface area contributed by atoms with Gasteiger partial charge in [-0.05, 0) is 17.7 Å². The van der Waals surface area contributed by atoms with Crippen LogP contribution < -0.4 is 10.2 Å². The molecule has 1 N–H and O–H groups in total. The average molecular weight is 510 g/mol. The number of hydrogen-bond donors (Lipinski definition) is 1. The fourth-order valence-corrected chi connectivity index (χ4v) is 4.34. The standard InChI is InChI=1S/C28H33F2N5O2/c1-3-28(29,30)23-8-4-21(5-9-23)20-25(36)33-24-10-6-22(7-11-24)26-27(32-13-12-31-26)35-16-14-34(15-17-35)18-19-37-2/h4-13H,3,14-20H2,1-2H3,(H,33,36). The number of hydrogen-bond acceptors (Lipinski definition) is 6. The van der Waals surface area contributed by atoms with Gasteiger partial charge >= 0.3 is 0 Å². The molecule has 0 bridgehead atoms. The fourth-order valence-electron chi connectivity index (χ4n) is 4.34. The van der Waals surface area contributed by atoms with Crippen molar-refractivity contribution in [3.05, 3.63) is 72.1 Å². The van der Waals surface area contributed by atoms with Crippen molar-refractivity contribution in [2.24, 2.45) is 0 Å². The molecule has 0 saturated carbocycles. The van der Waals surface area contributed by atoms with E-state index in [1.807, 2.05) is 24.3 Å². The largest absolute Gasteiger partial charge is 0.383 e. The van der Waals surface area contributed by atoms with Crippen LogP contribution in [-0.4, -0.2) is 67.2 Å². The van der Waals surface area contributed by atoms with Crippen LogP contribution in [0.3, 0.4) is 0 Å². The first-order valence-corrected chi connectivity index (χ1v) is 12.5. The third-order valence-corrected chi connectivity index (χ3v) is 6.59. The normalized spacial score (nSPS) is 14.5. The van der Waals surface area contributed by atoms with Gasteiger partial charge in [-0.1, -0.05) is 43.3 Å². The van der Waals surface area contributed by atoms with Crippen LogP contribution in [0.5, 0.6) is 0 Å². The molecule has 3 aromatic rings. The summed E-state index contributed by atoms with van der Waals surface area (Å²) in [5.74, 6) is -2.22. The Balaban J connectivity index is 1.37. The monoisotopic (exact) mass is 509 g/mol. The molecule has 0 spiro atoms. The van der Waals surface area contributed by atoms with Gasteiger partial charge in [-0.25, -0.2) is 13.8 Å². The van der Waals surface area contributed by atoms with Crippen LogP contribution in [-0.2, 0) is 21.9 Å². The van der Waals surface area contributed by atoms with Crippen LogP contribution >= 0.6 is 0 Å².